The highest BCUT2D eigenvalue weighted by atomic mass is 35.5. The molecule has 0 atom stereocenters. The molecule has 0 bridgehead atoms. The molecular weight excluding hydrogens is 449 g/mol. The molecule has 0 aliphatic carbocycles. The maximum Gasteiger partial charge on any atom is 0.183 e. The van der Waals surface area contributed by atoms with Gasteiger partial charge in [-0.25, -0.2) is 29.3 Å². The zero-order chi connectivity index (χ0) is 22.8. The summed E-state index contributed by atoms with van der Waals surface area (Å²) in [4.78, 5) is 29.0. The summed E-state index contributed by atoms with van der Waals surface area (Å²) in [7, 11) is 0. The van der Waals surface area contributed by atoms with Gasteiger partial charge in [-0.2, -0.15) is 0 Å². The van der Waals surface area contributed by atoms with E-state index in [1.54, 1.807) is 6.07 Å². The summed E-state index contributed by atoms with van der Waals surface area (Å²) in [6, 6.07) is 6.31. The molecule has 3 N–H and O–H groups in total. The topological polar surface area (TPSA) is 119 Å². The summed E-state index contributed by atoms with van der Waals surface area (Å²) in [5, 5.41) is 12.5. The van der Waals surface area contributed by atoms with Crippen LogP contribution in [0.4, 0.5) is 21.8 Å². The SMILES string of the molecule is OCCN1CCN(c2cc(Nc3ncnc4nc(-c5c(F)cccc5Cl)[nH]c34)ncn2)CC1. The maximum absolute atomic E-state index is 14.4. The molecule has 4 aromatic rings. The lowest BCUT2D eigenvalue weighted by Crippen LogP contribution is -2.47. The van der Waals surface area contributed by atoms with Crippen LogP contribution >= 0.6 is 11.6 Å². The van der Waals surface area contributed by atoms with Crippen molar-refractivity contribution in [2.24, 2.45) is 0 Å². The van der Waals surface area contributed by atoms with Crippen LogP contribution in [0.1, 0.15) is 0 Å². The van der Waals surface area contributed by atoms with Crippen molar-refractivity contribution in [2.45, 2.75) is 0 Å². The van der Waals surface area contributed by atoms with Crippen molar-refractivity contribution in [3.05, 3.63) is 47.8 Å². The molecule has 1 aromatic carbocycles. The Morgan fingerprint density at radius 3 is 2.70 bits per heavy atom. The highest BCUT2D eigenvalue weighted by molar-refractivity contribution is 6.33. The third-order valence-electron chi connectivity index (χ3n) is 5.50. The number of aromatic amines is 1. The van der Waals surface area contributed by atoms with Crippen molar-refractivity contribution in [2.75, 3.05) is 49.5 Å². The molecule has 33 heavy (non-hydrogen) atoms. The number of hydrogen-bond acceptors (Lipinski definition) is 9. The fourth-order valence-corrected chi connectivity index (χ4v) is 4.07. The van der Waals surface area contributed by atoms with Crippen LogP contribution in [0, 0.1) is 5.82 Å². The minimum Gasteiger partial charge on any atom is -0.395 e. The van der Waals surface area contributed by atoms with Gasteiger partial charge in [0.05, 0.1) is 17.2 Å². The van der Waals surface area contributed by atoms with E-state index in [-0.39, 0.29) is 23.0 Å². The number of rotatable bonds is 6. The van der Waals surface area contributed by atoms with E-state index in [0.29, 0.717) is 29.3 Å². The first-order chi connectivity index (χ1) is 16.1. The van der Waals surface area contributed by atoms with Gasteiger partial charge in [-0.3, -0.25) is 4.90 Å². The number of benzene rings is 1. The van der Waals surface area contributed by atoms with Crippen LogP contribution in [-0.2, 0) is 0 Å². The monoisotopic (exact) mass is 469 g/mol. The third kappa shape index (κ3) is 4.42. The highest BCUT2D eigenvalue weighted by Gasteiger charge is 2.19. The summed E-state index contributed by atoms with van der Waals surface area (Å²) in [6.07, 6.45) is 2.87. The van der Waals surface area contributed by atoms with E-state index in [1.165, 1.54) is 24.8 Å². The van der Waals surface area contributed by atoms with Crippen molar-refractivity contribution in [1.29, 1.82) is 0 Å². The summed E-state index contributed by atoms with van der Waals surface area (Å²) in [6.45, 7) is 4.17. The number of hydrogen-bond donors (Lipinski definition) is 3. The van der Waals surface area contributed by atoms with Crippen molar-refractivity contribution in [3.8, 4) is 11.4 Å². The molecule has 5 rings (SSSR count). The summed E-state index contributed by atoms with van der Waals surface area (Å²) in [5.74, 6) is 1.58. The second kappa shape index (κ2) is 9.22. The van der Waals surface area contributed by atoms with Gasteiger partial charge >= 0.3 is 0 Å². The van der Waals surface area contributed by atoms with Gasteiger partial charge in [0, 0.05) is 38.8 Å². The normalized spacial score (nSPS) is 14.7. The van der Waals surface area contributed by atoms with E-state index in [0.717, 1.165) is 32.0 Å². The van der Waals surface area contributed by atoms with Gasteiger partial charge in [-0.05, 0) is 12.1 Å². The Bertz CT molecular complexity index is 1260. The molecule has 0 spiro atoms. The fourth-order valence-electron chi connectivity index (χ4n) is 3.82. The number of imidazole rings is 1. The molecule has 1 aliphatic rings. The van der Waals surface area contributed by atoms with Crippen LogP contribution in [0.15, 0.2) is 36.9 Å². The zero-order valence-electron chi connectivity index (χ0n) is 17.5. The molecule has 0 saturated carbocycles. The number of halogens is 2. The number of anilines is 3. The van der Waals surface area contributed by atoms with E-state index < -0.39 is 5.82 Å². The van der Waals surface area contributed by atoms with Crippen molar-refractivity contribution >= 4 is 40.2 Å². The molecule has 0 unspecified atom stereocenters. The molecule has 170 valence electrons. The smallest absolute Gasteiger partial charge is 0.183 e. The molecule has 1 saturated heterocycles. The minimum atomic E-state index is -0.483. The van der Waals surface area contributed by atoms with Crippen LogP contribution in [0.25, 0.3) is 22.6 Å². The minimum absolute atomic E-state index is 0.160. The van der Waals surface area contributed by atoms with E-state index in [4.69, 9.17) is 16.7 Å². The highest BCUT2D eigenvalue weighted by Crippen LogP contribution is 2.31. The first-order valence-corrected chi connectivity index (χ1v) is 10.8. The third-order valence-corrected chi connectivity index (χ3v) is 5.81. The van der Waals surface area contributed by atoms with Gasteiger partial charge < -0.3 is 20.3 Å². The van der Waals surface area contributed by atoms with Crippen LogP contribution in [0.2, 0.25) is 5.02 Å². The number of nitrogens with zero attached hydrogens (tertiary/aromatic N) is 7. The first-order valence-electron chi connectivity index (χ1n) is 10.4. The lowest BCUT2D eigenvalue weighted by atomic mass is 10.2. The van der Waals surface area contributed by atoms with E-state index in [2.05, 4.69) is 45.0 Å². The number of β-amino-alcohol motifs (C(OH)–C–C–N with tert-alkyl or cyclic N) is 1. The van der Waals surface area contributed by atoms with Crippen LogP contribution in [-0.4, -0.2) is 79.2 Å². The van der Waals surface area contributed by atoms with E-state index >= 15 is 0 Å². The van der Waals surface area contributed by atoms with E-state index in [1.807, 2.05) is 6.07 Å². The Labute approximate surface area is 193 Å². The lowest BCUT2D eigenvalue weighted by Gasteiger charge is -2.35. The number of H-pyrrole nitrogens is 1. The number of nitrogens with one attached hydrogen (secondary N) is 2. The molecule has 4 heterocycles. The quantitative estimate of drug-likeness (QED) is 0.391. The molecule has 10 nitrogen and oxygen atoms in total. The number of aromatic nitrogens is 6. The Balaban J connectivity index is 1.40. The van der Waals surface area contributed by atoms with Crippen LogP contribution in [0.5, 0.6) is 0 Å². The average molecular weight is 470 g/mol. The van der Waals surface area contributed by atoms with Crippen molar-refractivity contribution < 1.29 is 9.50 Å². The van der Waals surface area contributed by atoms with Gasteiger partial charge in [-0.15, -0.1) is 0 Å². The summed E-state index contributed by atoms with van der Waals surface area (Å²) in [5.41, 5.74) is 1.05. The molecule has 0 radical (unpaired) electrons. The largest absolute Gasteiger partial charge is 0.395 e. The van der Waals surface area contributed by atoms with Crippen molar-refractivity contribution in [1.82, 2.24) is 34.8 Å². The molecule has 12 heteroatoms. The Morgan fingerprint density at radius 1 is 1.09 bits per heavy atom. The molecule has 1 fully saturated rings. The molecule has 3 aromatic heterocycles. The Kier molecular flexibility index (Phi) is 5.99. The van der Waals surface area contributed by atoms with Gasteiger partial charge in [0.1, 0.15) is 41.4 Å². The average Bonchev–Trinajstić information content (AvgIpc) is 3.25. The predicted octanol–water partition coefficient (Wildman–Crippen LogP) is 2.46. The maximum atomic E-state index is 14.4. The summed E-state index contributed by atoms with van der Waals surface area (Å²) >= 11 is 6.19. The molecular formula is C21H21ClFN9O. The van der Waals surface area contributed by atoms with Gasteiger partial charge in [-0.1, -0.05) is 17.7 Å². The number of aliphatic hydroxyl groups is 1. The zero-order valence-corrected chi connectivity index (χ0v) is 18.3. The van der Waals surface area contributed by atoms with E-state index in [9.17, 15) is 4.39 Å². The van der Waals surface area contributed by atoms with Gasteiger partial charge in [0.2, 0.25) is 0 Å². The van der Waals surface area contributed by atoms with Crippen LogP contribution < -0.4 is 10.2 Å². The Hall–Kier alpha value is -3.41. The number of piperazine rings is 1. The van der Waals surface area contributed by atoms with Crippen LogP contribution in [0.3, 0.4) is 0 Å². The fraction of sp³-hybridized carbons (Fsp3) is 0.286. The summed E-state index contributed by atoms with van der Waals surface area (Å²) < 4.78 is 14.4. The van der Waals surface area contributed by atoms with Gasteiger partial charge in [0.25, 0.3) is 0 Å². The Morgan fingerprint density at radius 2 is 1.91 bits per heavy atom. The second-order valence-corrected chi connectivity index (χ2v) is 7.95. The number of fused-ring (bicyclic) bond motifs is 1. The first kappa shape index (κ1) is 21.4. The standard InChI is InChI=1S/C21H21ClFN9O/c22-13-2-1-3-14(23)17(13)19-29-18-20(26-12-27-21(18)30-19)28-15-10-16(25-11-24-15)32-6-4-31(5-7-32)8-9-33/h1-3,10-12,33H,4-9H2,(H2,24,25,26,27,28,29,30). The van der Waals surface area contributed by atoms with Crippen molar-refractivity contribution in [3.63, 3.8) is 0 Å². The molecule has 1 aliphatic heterocycles. The lowest BCUT2D eigenvalue weighted by molar-refractivity contribution is 0.188. The number of aliphatic hydroxyl groups excluding tert-OH is 1. The van der Waals surface area contributed by atoms with Gasteiger partial charge in [0.15, 0.2) is 11.5 Å². The predicted molar refractivity (Wildman–Crippen MR) is 123 cm³/mol. The molecule has 0 amide bonds. The second-order valence-electron chi connectivity index (χ2n) is 7.54.